The van der Waals surface area contributed by atoms with E-state index in [1.165, 1.54) is 38.1 Å². The number of aromatic nitrogens is 2. The van der Waals surface area contributed by atoms with Crippen molar-refractivity contribution in [3.63, 3.8) is 0 Å². The van der Waals surface area contributed by atoms with Gasteiger partial charge in [-0.15, -0.1) is 0 Å². The van der Waals surface area contributed by atoms with Gasteiger partial charge in [-0.05, 0) is 88.6 Å². The average Bonchev–Trinajstić information content (AvgIpc) is 3.66. The van der Waals surface area contributed by atoms with E-state index in [1.807, 2.05) is 23.8 Å². The number of aliphatic imine (C=N–C) groups is 3. The van der Waals surface area contributed by atoms with E-state index in [0.717, 1.165) is 68.0 Å². The number of likely N-dealkylation sites (tertiary alicyclic amines) is 1. The molecule has 0 aliphatic carbocycles. The van der Waals surface area contributed by atoms with E-state index in [4.69, 9.17) is 21.3 Å². The van der Waals surface area contributed by atoms with Gasteiger partial charge in [-0.3, -0.25) is 19.5 Å². The Labute approximate surface area is 296 Å². The molecule has 3 aromatic rings. The number of ether oxygens (including phenoxy) is 1. The molecule has 0 saturated carbocycles. The van der Waals surface area contributed by atoms with Crippen molar-refractivity contribution in [3.8, 4) is 0 Å². The second kappa shape index (κ2) is 19.4. The normalized spacial score (nSPS) is 17.0. The largest absolute Gasteiger partial charge is 0.384 e. The summed E-state index contributed by atoms with van der Waals surface area (Å²) in [5.41, 5.74) is 8.53. The maximum absolute atomic E-state index is 14.3. The molecule has 1 amide bonds. The molecule has 4 N–H and O–H groups in total. The van der Waals surface area contributed by atoms with E-state index in [-0.39, 0.29) is 17.6 Å². The van der Waals surface area contributed by atoms with Crippen molar-refractivity contribution in [2.24, 2.45) is 33.7 Å². The van der Waals surface area contributed by atoms with Crippen LogP contribution in [0.1, 0.15) is 41.0 Å². The Morgan fingerprint density at radius 1 is 1.18 bits per heavy atom. The number of rotatable bonds is 10. The number of nitrogens with two attached hydrogens (primary N) is 1. The number of hydrogen-bond acceptors (Lipinski definition) is 10. The highest BCUT2D eigenvalue weighted by Crippen LogP contribution is 2.26. The minimum Gasteiger partial charge on any atom is -0.384 e. The molecule has 6 rings (SSSR count). The van der Waals surface area contributed by atoms with Crippen LogP contribution in [0.4, 0.5) is 4.39 Å². The molecule has 2 fully saturated rings. The number of imidazole rings is 1. The number of carbonyl (C=O) groups excluding carboxylic acids is 2. The number of piperidine rings is 1. The Morgan fingerprint density at radius 3 is 2.58 bits per heavy atom. The Kier molecular flexibility index (Phi) is 14.7. The summed E-state index contributed by atoms with van der Waals surface area (Å²) in [7, 11) is 3.47. The van der Waals surface area contributed by atoms with E-state index >= 15 is 0 Å². The number of allylic oxidation sites excluding steroid dienone is 4. The van der Waals surface area contributed by atoms with Crippen molar-refractivity contribution >= 4 is 53.7 Å². The smallest absolute Gasteiger partial charge is 0.256 e. The quantitative estimate of drug-likeness (QED) is 0.120. The van der Waals surface area contributed by atoms with Gasteiger partial charge in [0, 0.05) is 54.6 Å². The molecule has 0 spiro atoms. The Balaban J connectivity index is 0.000000859. The highest BCUT2D eigenvalue weighted by Gasteiger charge is 2.24. The van der Waals surface area contributed by atoms with Crippen LogP contribution in [0.3, 0.4) is 0 Å². The summed E-state index contributed by atoms with van der Waals surface area (Å²) in [6.45, 7) is 8.07. The van der Waals surface area contributed by atoms with Gasteiger partial charge in [-0.1, -0.05) is 23.7 Å². The third kappa shape index (κ3) is 10.3. The molecule has 1 aromatic heterocycles. The van der Waals surface area contributed by atoms with Gasteiger partial charge in [-0.25, -0.2) is 19.4 Å². The number of fused-ring (bicyclic) bond motifs is 1. The summed E-state index contributed by atoms with van der Waals surface area (Å²) in [6, 6.07) is 10.1. The van der Waals surface area contributed by atoms with E-state index in [0.29, 0.717) is 40.8 Å². The summed E-state index contributed by atoms with van der Waals surface area (Å²) in [5.74, 6) is 0.764. The summed E-state index contributed by atoms with van der Waals surface area (Å²) < 4.78 is 21.1. The maximum Gasteiger partial charge on any atom is 0.256 e. The van der Waals surface area contributed by atoms with Gasteiger partial charge in [0.1, 0.15) is 30.0 Å². The van der Waals surface area contributed by atoms with Crippen LogP contribution >= 0.6 is 11.6 Å². The number of nitrogens with one attached hydrogen (secondary N) is 2. The first-order valence-corrected chi connectivity index (χ1v) is 16.6. The van der Waals surface area contributed by atoms with Crippen molar-refractivity contribution < 1.29 is 18.7 Å². The van der Waals surface area contributed by atoms with Crippen LogP contribution in [0.25, 0.3) is 11.0 Å². The van der Waals surface area contributed by atoms with Crippen LogP contribution < -0.4 is 16.4 Å². The average molecular weight is 704 g/mol. The van der Waals surface area contributed by atoms with Crippen LogP contribution in [0.2, 0.25) is 5.02 Å². The molecule has 3 aliphatic heterocycles. The highest BCUT2D eigenvalue weighted by atomic mass is 35.5. The van der Waals surface area contributed by atoms with Crippen molar-refractivity contribution in [2.75, 3.05) is 33.4 Å². The summed E-state index contributed by atoms with van der Waals surface area (Å²) in [4.78, 5) is 42.8. The van der Waals surface area contributed by atoms with Crippen molar-refractivity contribution in [2.45, 2.75) is 32.4 Å². The van der Waals surface area contributed by atoms with Crippen LogP contribution in [-0.2, 0) is 29.7 Å². The zero-order chi connectivity index (χ0) is 35.9. The van der Waals surface area contributed by atoms with Crippen LogP contribution in [0.15, 0.2) is 87.2 Å². The predicted octanol–water partition coefficient (Wildman–Crippen LogP) is 4.70. The fourth-order valence-corrected chi connectivity index (χ4v) is 5.58. The Morgan fingerprint density at radius 2 is 1.92 bits per heavy atom. The molecule has 2 aromatic carbocycles. The molecule has 0 unspecified atom stereocenters. The molecule has 2 saturated heterocycles. The van der Waals surface area contributed by atoms with Crippen molar-refractivity contribution in [1.29, 1.82) is 0 Å². The predicted molar refractivity (Wildman–Crippen MR) is 197 cm³/mol. The molecule has 12 nitrogen and oxygen atoms in total. The molecule has 0 radical (unpaired) electrons. The number of benzene rings is 2. The van der Waals surface area contributed by atoms with E-state index in [2.05, 4.69) is 43.0 Å². The third-order valence-electron chi connectivity index (χ3n) is 8.24. The van der Waals surface area contributed by atoms with Crippen molar-refractivity contribution in [3.05, 3.63) is 100 Å². The molecule has 14 heteroatoms. The topological polar surface area (TPSA) is 152 Å². The lowest BCUT2D eigenvalue weighted by molar-refractivity contribution is -0.104. The van der Waals surface area contributed by atoms with E-state index < -0.39 is 0 Å². The fourth-order valence-electron chi connectivity index (χ4n) is 5.42. The number of hydrogen-bond donors (Lipinski definition) is 3. The zero-order valence-electron chi connectivity index (χ0n) is 28.3. The van der Waals surface area contributed by atoms with Gasteiger partial charge in [0.15, 0.2) is 5.84 Å². The van der Waals surface area contributed by atoms with Crippen LogP contribution in [-0.4, -0.2) is 78.9 Å². The second-order valence-corrected chi connectivity index (χ2v) is 11.8. The summed E-state index contributed by atoms with van der Waals surface area (Å²) in [5, 5.41) is 6.50. The molecule has 0 atom stereocenters. The van der Waals surface area contributed by atoms with E-state index in [9.17, 15) is 14.0 Å². The van der Waals surface area contributed by atoms with Crippen LogP contribution in [0.5, 0.6) is 0 Å². The fraction of sp³-hybridized carbons (Fsp3) is 0.333. The minimum absolute atomic E-state index is 0.229. The van der Waals surface area contributed by atoms with E-state index in [1.54, 1.807) is 30.3 Å². The maximum atomic E-state index is 14.3. The number of amidine groups is 1. The third-order valence-corrected chi connectivity index (χ3v) is 8.48. The molecule has 0 bridgehead atoms. The number of carbonyl (C=O) groups is 2. The monoisotopic (exact) mass is 703 g/mol. The highest BCUT2D eigenvalue weighted by molar-refractivity contribution is 6.30. The summed E-state index contributed by atoms with van der Waals surface area (Å²) in [6.07, 6.45) is 11.6. The van der Waals surface area contributed by atoms with Crippen molar-refractivity contribution in [1.82, 2.24) is 25.1 Å². The van der Waals surface area contributed by atoms with Crippen LogP contribution in [0, 0.1) is 11.7 Å². The first kappa shape index (κ1) is 38.0. The van der Waals surface area contributed by atoms with Gasteiger partial charge in [0.05, 0.1) is 23.8 Å². The lowest BCUT2D eigenvalue weighted by Gasteiger charge is -2.33. The molecule has 3 aliphatic rings. The number of nitrogens with zero attached hydrogens (tertiary/aromatic N) is 6. The Bertz CT molecular complexity index is 1800. The molecule has 50 heavy (non-hydrogen) atoms. The molecule has 4 heterocycles. The Hall–Kier alpha value is -4.82. The standard InChI is InChI=1S/C32H32ClFN8O2.C3H6O.CH5N/c1-35-18-28-31(38-20-37-28)40-32(44)22-7-9-29-27(15-22)39-30(41(29)2)19-42-12-10-21(11-13-42)26(5-3-4-14-43)36-17-23-6-8-24(33)16-25(23)34;1-2-4-3-1;1-2/h3-9,14-16,18,20-21,36H,1,10-13,17,19H2,2H3,(H,37,38,40,44);1-3H2;2H2,1H3/b4-3-,26-5-,28-18+;;. The number of aryl methyl sites for hydroxylation is 1. The number of amides is 1. The number of halogens is 2. The minimum atomic E-state index is -0.358. The number of aldehydes is 1. The van der Waals surface area contributed by atoms with Gasteiger partial charge in [0.2, 0.25) is 0 Å². The molecular formula is C36H43ClFN9O3. The second-order valence-electron chi connectivity index (χ2n) is 11.4. The zero-order valence-corrected chi connectivity index (χ0v) is 29.1. The summed E-state index contributed by atoms with van der Waals surface area (Å²) >= 11 is 5.90. The van der Waals surface area contributed by atoms with Gasteiger partial charge < -0.3 is 25.7 Å². The lowest BCUT2D eigenvalue weighted by atomic mass is 9.92. The first-order chi connectivity index (χ1) is 24.4. The first-order valence-electron chi connectivity index (χ1n) is 16.3. The van der Waals surface area contributed by atoms with Gasteiger partial charge >= 0.3 is 0 Å². The van der Waals surface area contributed by atoms with Gasteiger partial charge in [-0.2, -0.15) is 0 Å². The SMILES string of the molecule is C1COC1.C=N/C=C1/N=CN=C1NC(=O)c1ccc2c(c1)nc(CN1CCC(/C(=C/C=C\C=O)NCc3ccc(Cl)cc3F)CC1)n2C.CN. The lowest BCUT2D eigenvalue weighted by Crippen LogP contribution is -2.36. The van der Waals surface area contributed by atoms with Gasteiger partial charge in [0.25, 0.3) is 5.91 Å². The molecule has 264 valence electrons. The molecular weight excluding hydrogens is 661 g/mol.